The fraction of sp³-hybridized carbons (Fsp3) is 1.00. The van der Waals surface area contributed by atoms with E-state index in [0.717, 1.165) is 12.8 Å². The van der Waals surface area contributed by atoms with Gasteiger partial charge in [-0.3, -0.25) is 0 Å². The highest BCUT2D eigenvalue weighted by Gasteiger charge is 2.18. The van der Waals surface area contributed by atoms with Gasteiger partial charge < -0.3 is 9.84 Å². The number of hydrogen-bond donors (Lipinski definition) is 1. The molecule has 0 aromatic carbocycles. The lowest BCUT2D eigenvalue weighted by molar-refractivity contribution is -0.0436. The standard InChI is InChI=1S/C9H18O2/c1-2-4-8(10)7-11-9-5-3-6-9/h8-10H,2-7H2,1H3. The zero-order chi connectivity index (χ0) is 8.10. The van der Waals surface area contributed by atoms with Crippen LogP contribution in [-0.2, 0) is 4.74 Å². The monoisotopic (exact) mass is 158 g/mol. The Morgan fingerprint density at radius 2 is 2.27 bits per heavy atom. The minimum absolute atomic E-state index is 0.236. The molecule has 0 amide bonds. The quantitative estimate of drug-likeness (QED) is 0.660. The maximum Gasteiger partial charge on any atom is 0.0773 e. The normalized spacial score (nSPS) is 21.3. The Labute approximate surface area is 68.6 Å². The van der Waals surface area contributed by atoms with Gasteiger partial charge in [-0.1, -0.05) is 13.3 Å². The van der Waals surface area contributed by atoms with Crippen LogP contribution >= 0.6 is 0 Å². The third-order valence-corrected chi connectivity index (χ3v) is 2.20. The highest BCUT2D eigenvalue weighted by atomic mass is 16.5. The van der Waals surface area contributed by atoms with Crippen LogP contribution in [0, 0.1) is 0 Å². The summed E-state index contributed by atoms with van der Waals surface area (Å²) in [4.78, 5) is 0. The van der Waals surface area contributed by atoms with E-state index < -0.39 is 0 Å². The first-order valence-corrected chi connectivity index (χ1v) is 4.62. The van der Waals surface area contributed by atoms with E-state index in [1.165, 1.54) is 19.3 Å². The van der Waals surface area contributed by atoms with Crippen molar-refractivity contribution in [1.29, 1.82) is 0 Å². The van der Waals surface area contributed by atoms with Gasteiger partial charge in [0.1, 0.15) is 0 Å². The third kappa shape index (κ3) is 3.21. The maximum atomic E-state index is 9.29. The molecule has 1 unspecified atom stereocenters. The summed E-state index contributed by atoms with van der Waals surface area (Å²) in [5.74, 6) is 0. The summed E-state index contributed by atoms with van der Waals surface area (Å²) in [5, 5.41) is 9.29. The van der Waals surface area contributed by atoms with Crippen LogP contribution < -0.4 is 0 Å². The van der Waals surface area contributed by atoms with E-state index in [2.05, 4.69) is 6.92 Å². The van der Waals surface area contributed by atoms with Gasteiger partial charge in [0.2, 0.25) is 0 Å². The van der Waals surface area contributed by atoms with Gasteiger partial charge in [0.15, 0.2) is 0 Å². The lowest BCUT2D eigenvalue weighted by Gasteiger charge is -2.26. The molecule has 2 heteroatoms. The third-order valence-electron chi connectivity index (χ3n) is 2.20. The Hall–Kier alpha value is -0.0800. The molecule has 0 aliphatic heterocycles. The molecule has 0 bridgehead atoms. The van der Waals surface area contributed by atoms with Crippen LogP contribution in [0.4, 0.5) is 0 Å². The second-order valence-corrected chi connectivity index (χ2v) is 3.33. The van der Waals surface area contributed by atoms with E-state index in [4.69, 9.17) is 4.74 Å². The van der Waals surface area contributed by atoms with Gasteiger partial charge in [-0.25, -0.2) is 0 Å². The molecule has 1 aliphatic rings. The minimum atomic E-state index is -0.236. The average Bonchev–Trinajstić information content (AvgIpc) is 1.85. The predicted octanol–water partition coefficient (Wildman–Crippen LogP) is 1.72. The van der Waals surface area contributed by atoms with Crippen LogP contribution in [0.5, 0.6) is 0 Å². The van der Waals surface area contributed by atoms with Gasteiger partial charge in [-0.2, -0.15) is 0 Å². The number of aliphatic hydroxyl groups excluding tert-OH is 1. The fourth-order valence-electron chi connectivity index (χ4n) is 1.20. The van der Waals surface area contributed by atoms with Gasteiger partial charge in [0, 0.05) is 0 Å². The molecule has 1 saturated carbocycles. The van der Waals surface area contributed by atoms with Crippen LogP contribution in [0.2, 0.25) is 0 Å². The number of ether oxygens (including phenoxy) is 1. The van der Waals surface area contributed by atoms with Gasteiger partial charge in [0.05, 0.1) is 18.8 Å². The van der Waals surface area contributed by atoms with Crippen LogP contribution in [0.3, 0.4) is 0 Å². The second kappa shape index (κ2) is 4.73. The SMILES string of the molecule is CCCC(O)COC1CCC1. The highest BCUT2D eigenvalue weighted by molar-refractivity contribution is 4.69. The van der Waals surface area contributed by atoms with Crippen molar-refractivity contribution in [2.45, 2.75) is 51.2 Å². The molecule has 0 aromatic rings. The summed E-state index contributed by atoms with van der Waals surface area (Å²) < 4.78 is 5.44. The lowest BCUT2D eigenvalue weighted by Crippen LogP contribution is -2.26. The van der Waals surface area contributed by atoms with Crippen molar-refractivity contribution in [3.63, 3.8) is 0 Å². The molecule has 0 saturated heterocycles. The summed E-state index contributed by atoms with van der Waals surface area (Å²) >= 11 is 0. The zero-order valence-corrected chi connectivity index (χ0v) is 7.25. The zero-order valence-electron chi connectivity index (χ0n) is 7.25. The molecule has 66 valence electrons. The molecule has 1 N–H and O–H groups in total. The Morgan fingerprint density at radius 3 is 2.73 bits per heavy atom. The Kier molecular flexibility index (Phi) is 3.87. The Balaban J connectivity index is 1.92. The van der Waals surface area contributed by atoms with E-state index in [1.54, 1.807) is 0 Å². The van der Waals surface area contributed by atoms with Crippen molar-refractivity contribution < 1.29 is 9.84 Å². The summed E-state index contributed by atoms with van der Waals surface area (Å²) in [6.07, 6.45) is 5.82. The van der Waals surface area contributed by atoms with Crippen LogP contribution in [-0.4, -0.2) is 23.9 Å². The maximum absolute atomic E-state index is 9.29. The summed E-state index contributed by atoms with van der Waals surface area (Å²) in [6, 6.07) is 0. The molecule has 0 spiro atoms. The van der Waals surface area contributed by atoms with Crippen LogP contribution in [0.15, 0.2) is 0 Å². The Bertz CT molecular complexity index is 99.7. The van der Waals surface area contributed by atoms with Gasteiger partial charge in [-0.05, 0) is 25.7 Å². The van der Waals surface area contributed by atoms with E-state index >= 15 is 0 Å². The van der Waals surface area contributed by atoms with E-state index in [-0.39, 0.29) is 6.10 Å². The number of hydrogen-bond acceptors (Lipinski definition) is 2. The molecule has 1 fully saturated rings. The molecular formula is C9H18O2. The number of rotatable bonds is 5. The van der Waals surface area contributed by atoms with E-state index in [1.807, 2.05) is 0 Å². The van der Waals surface area contributed by atoms with E-state index in [9.17, 15) is 5.11 Å². The molecular weight excluding hydrogens is 140 g/mol. The van der Waals surface area contributed by atoms with E-state index in [0.29, 0.717) is 12.7 Å². The number of aliphatic hydroxyl groups is 1. The molecule has 0 heterocycles. The van der Waals surface area contributed by atoms with Gasteiger partial charge in [-0.15, -0.1) is 0 Å². The van der Waals surface area contributed by atoms with Gasteiger partial charge >= 0.3 is 0 Å². The first kappa shape index (κ1) is 9.01. The van der Waals surface area contributed by atoms with Gasteiger partial charge in [0.25, 0.3) is 0 Å². The predicted molar refractivity (Wildman–Crippen MR) is 44.5 cm³/mol. The Morgan fingerprint density at radius 1 is 1.55 bits per heavy atom. The highest BCUT2D eigenvalue weighted by Crippen LogP contribution is 2.22. The minimum Gasteiger partial charge on any atom is -0.391 e. The second-order valence-electron chi connectivity index (χ2n) is 3.33. The average molecular weight is 158 g/mol. The lowest BCUT2D eigenvalue weighted by atomic mass is 9.96. The van der Waals surface area contributed by atoms with Crippen molar-refractivity contribution in [1.82, 2.24) is 0 Å². The van der Waals surface area contributed by atoms with Crippen molar-refractivity contribution in [2.24, 2.45) is 0 Å². The summed E-state index contributed by atoms with van der Waals surface area (Å²) in [6.45, 7) is 2.62. The van der Waals surface area contributed by atoms with Crippen molar-refractivity contribution in [3.05, 3.63) is 0 Å². The fourth-order valence-corrected chi connectivity index (χ4v) is 1.20. The molecule has 1 rings (SSSR count). The van der Waals surface area contributed by atoms with Crippen LogP contribution in [0.25, 0.3) is 0 Å². The molecule has 0 aromatic heterocycles. The molecule has 1 atom stereocenters. The van der Waals surface area contributed by atoms with Crippen molar-refractivity contribution >= 4 is 0 Å². The summed E-state index contributed by atoms with van der Waals surface area (Å²) in [5.41, 5.74) is 0. The topological polar surface area (TPSA) is 29.5 Å². The molecule has 11 heavy (non-hydrogen) atoms. The smallest absolute Gasteiger partial charge is 0.0773 e. The van der Waals surface area contributed by atoms with Crippen molar-refractivity contribution in [3.8, 4) is 0 Å². The first-order valence-electron chi connectivity index (χ1n) is 4.62. The summed E-state index contributed by atoms with van der Waals surface area (Å²) in [7, 11) is 0. The van der Waals surface area contributed by atoms with Crippen LogP contribution in [0.1, 0.15) is 39.0 Å². The van der Waals surface area contributed by atoms with Crippen molar-refractivity contribution in [2.75, 3.05) is 6.61 Å². The first-order chi connectivity index (χ1) is 5.33. The largest absolute Gasteiger partial charge is 0.391 e. The molecule has 2 nitrogen and oxygen atoms in total. The molecule has 0 radical (unpaired) electrons. The molecule has 1 aliphatic carbocycles.